The first-order valence-corrected chi connectivity index (χ1v) is 7.48. The second-order valence-electron chi connectivity index (χ2n) is 5.56. The van der Waals surface area contributed by atoms with Crippen LogP contribution in [0.5, 0.6) is 5.75 Å². The van der Waals surface area contributed by atoms with E-state index in [1.54, 1.807) is 0 Å². The van der Waals surface area contributed by atoms with E-state index in [0.717, 1.165) is 36.4 Å². The number of amides is 1. The third-order valence-corrected chi connectivity index (χ3v) is 3.60. The van der Waals surface area contributed by atoms with Crippen LogP contribution >= 0.6 is 0 Å². The van der Waals surface area contributed by atoms with Crippen molar-refractivity contribution in [2.24, 2.45) is 0 Å². The predicted octanol–water partition coefficient (Wildman–Crippen LogP) is 2.52. The Hall–Kier alpha value is -1.81. The van der Waals surface area contributed by atoms with Crippen molar-refractivity contribution >= 4 is 5.91 Å². The number of nitrogens with zero attached hydrogens (tertiary/aromatic N) is 1. The molecule has 0 fully saturated rings. The number of carbonyl (C=O) groups excluding carboxylic acids is 1. The fraction of sp³-hybridized carbons (Fsp3) is 0.471. The Bertz CT molecular complexity index is 513. The lowest BCUT2D eigenvalue weighted by Crippen LogP contribution is -2.40. The molecule has 0 radical (unpaired) electrons. The van der Waals surface area contributed by atoms with Crippen molar-refractivity contribution < 1.29 is 9.53 Å². The Morgan fingerprint density at radius 2 is 2.19 bits per heavy atom. The zero-order chi connectivity index (χ0) is 15.2. The van der Waals surface area contributed by atoms with Crippen molar-refractivity contribution in [1.82, 2.24) is 10.2 Å². The summed E-state index contributed by atoms with van der Waals surface area (Å²) in [6.45, 7) is 10.6. The number of hydrogen-bond acceptors (Lipinski definition) is 3. The Labute approximate surface area is 126 Å². The second-order valence-corrected chi connectivity index (χ2v) is 5.56. The fourth-order valence-electron chi connectivity index (χ4n) is 2.60. The average molecular weight is 288 g/mol. The topological polar surface area (TPSA) is 41.6 Å². The molecule has 4 heteroatoms. The van der Waals surface area contributed by atoms with Crippen LogP contribution < -0.4 is 10.1 Å². The molecule has 1 aliphatic heterocycles. The van der Waals surface area contributed by atoms with Gasteiger partial charge in [0.15, 0.2) is 0 Å². The zero-order valence-electron chi connectivity index (χ0n) is 12.9. The van der Waals surface area contributed by atoms with Crippen molar-refractivity contribution in [2.75, 3.05) is 26.2 Å². The lowest BCUT2D eigenvalue weighted by Gasteiger charge is -2.28. The monoisotopic (exact) mass is 288 g/mol. The largest absolute Gasteiger partial charge is 0.493 e. The van der Waals surface area contributed by atoms with E-state index in [1.807, 2.05) is 31.2 Å². The Morgan fingerprint density at radius 3 is 2.90 bits per heavy atom. The van der Waals surface area contributed by atoms with E-state index < -0.39 is 0 Å². The van der Waals surface area contributed by atoms with E-state index in [4.69, 9.17) is 4.74 Å². The molecule has 1 aromatic carbocycles. The molecule has 0 bridgehead atoms. The van der Waals surface area contributed by atoms with Crippen LogP contribution in [-0.4, -0.2) is 37.0 Å². The highest BCUT2D eigenvalue weighted by atomic mass is 16.5. The molecule has 4 nitrogen and oxygen atoms in total. The lowest BCUT2D eigenvalue weighted by atomic mass is 10.0. The van der Waals surface area contributed by atoms with Gasteiger partial charge in [-0.2, -0.15) is 0 Å². The number of hydrogen-bond donors (Lipinski definition) is 1. The first-order valence-electron chi connectivity index (χ1n) is 7.48. The van der Waals surface area contributed by atoms with E-state index in [1.165, 1.54) is 0 Å². The molecule has 0 saturated heterocycles. The lowest BCUT2D eigenvalue weighted by molar-refractivity contribution is -0.123. The smallest absolute Gasteiger partial charge is 0.234 e. The van der Waals surface area contributed by atoms with Crippen molar-refractivity contribution in [1.29, 1.82) is 0 Å². The predicted molar refractivity (Wildman–Crippen MR) is 84.4 cm³/mol. The van der Waals surface area contributed by atoms with E-state index >= 15 is 0 Å². The van der Waals surface area contributed by atoms with E-state index in [9.17, 15) is 4.79 Å². The van der Waals surface area contributed by atoms with Gasteiger partial charge in [0.05, 0.1) is 19.2 Å². The minimum absolute atomic E-state index is 0.0472. The standard InChI is InChI=1S/C17H24N2O2/c1-4-19(11-13(2)3)12-17(20)18-15-9-10-21-16-8-6-5-7-14(15)16/h5-8,15H,2,4,9-12H2,1,3H3,(H,18,20). The van der Waals surface area contributed by atoms with Crippen LogP contribution in [0.1, 0.15) is 31.9 Å². The minimum atomic E-state index is 0.0472. The molecule has 114 valence electrons. The third kappa shape index (κ3) is 4.33. The summed E-state index contributed by atoms with van der Waals surface area (Å²) in [5.41, 5.74) is 2.14. The van der Waals surface area contributed by atoms with Gasteiger partial charge in [-0.25, -0.2) is 0 Å². The van der Waals surface area contributed by atoms with Gasteiger partial charge in [0.25, 0.3) is 0 Å². The summed E-state index contributed by atoms with van der Waals surface area (Å²) in [5.74, 6) is 0.933. The number of fused-ring (bicyclic) bond motifs is 1. The first kappa shape index (κ1) is 15.6. The molecule has 0 aromatic heterocycles. The molecule has 1 aromatic rings. The maximum atomic E-state index is 12.2. The first-order chi connectivity index (χ1) is 10.1. The van der Waals surface area contributed by atoms with E-state index in [0.29, 0.717) is 13.2 Å². The van der Waals surface area contributed by atoms with Gasteiger partial charge in [-0.05, 0) is 19.5 Å². The zero-order valence-corrected chi connectivity index (χ0v) is 12.9. The Morgan fingerprint density at radius 1 is 1.43 bits per heavy atom. The molecule has 1 amide bonds. The molecule has 2 rings (SSSR count). The van der Waals surface area contributed by atoms with Crippen LogP contribution in [-0.2, 0) is 4.79 Å². The van der Waals surface area contributed by atoms with Crippen molar-refractivity contribution in [3.63, 3.8) is 0 Å². The van der Waals surface area contributed by atoms with Crippen LogP contribution in [0.3, 0.4) is 0 Å². The SMILES string of the molecule is C=C(C)CN(CC)CC(=O)NC1CCOc2ccccc21. The molecule has 1 heterocycles. The summed E-state index contributed by atoms with van der Waals surface area (Å²) in [5, 5.41) is 3.12. The number of carbonyl (C=O) groups is 1. The molecule has 1 aliphatic rings. The maximum Gasteiger partial charge on any atom is 0.234 e. The summed E-state index contributed by atoms with van der Waals surface area (Å²) in [6.07, 6.45) is 0.815. The van der Waals surface area contributed by atoms with Gasteiger partial charge < -0.3 is 10.1 Å². The fourth-order valence-corrected chi connectivity index (χ4v) is 2.60. The summed E-state index contributed by atoms with van der Waals surface area (Å²) in [6, 6.07) is 7.95. The molecular weight excluding hydrogens is 264 g/mol. The van der Waals surface area contributed by atoms with Crippen LogP contribution in [0.25, 0.3) is 0 Å². The molecular formula is C17H24N2O2. The van der Waals surface area contributed by atoms with Crippen LogP contribution in [0.15, 0.2) is 36.4 Å². The number of nitrogens with one attached hydrogen (secondary N) is 1. The van der Waals surface area contributed by atoms with Crippen LogP contribution in [0.4, 0.5) is 0 Å². The maximum absolute atomic E-state index is 12.2. The van der Waals surface area contributed by atoms with Crippen LogP contribution in [0.2, 0.25) is 0 Å². The number of likely N-dealkylation sites (N-methyl/N-ethyl adjacent to an activating group) is 1. The molecule has 1 atom stereocenters. The van der Waals surface area contributed by atoms with Crippen LogP contribution in [0, 0.1) is 0 Å². The Kier molecular flexibility index (Phi) is 5.39. The minimum Gasteiger partial charge on any atom is -0.493 e. The number of rotatable bonds is 6. The second kappa shape index (κ2) is 7.27. The summed E-state index contributed by atoms with van der Waals surface area (Å²) in [4.78, 5) is 14.3. The summed E-state index contributed by atoms with van der Waals surface area (Å²) < 4.78 is 5.62. The number of para-hydroxylation sites is 1. The van der Waals surface area contributed by atoms with Crippen molar-refractivity contribution in [2.45, 2.75) is 26.3 Å². The van der Waals surface area contributed by atoms with Gasteiger partial charge in [0.1, 0.15) is 5.75 Å². The quantitative estimate of drug-likeness (QED) is 0.818. The summed E-state index contributed by atoms with van der Waals surface area (Å²) >= 11 is 0. The van der Waals surface area contributed by atoms with Gasteiger partial charge >= 0.3 is 0 Å². The molecule has 1 unspecified atom stereocenters. The average Bonchev–Trinajstić information content (AvgIpc) is 2.46. The van der Waals surface area contributed by atoms with Crippen molar-refractivity contribution in [3.8, 4) is 5.75 Å². The normalized spacial score (nSPS) is 17.0. The number of benzene rings is 1. The molecule has 0 aliphatic carbocycles. The summed E-state index contributed by atoms with van der Waals surface area (Å²) in [7, 11) is 0. The van der Waals surface area contributed by atoms with Gasteiger partial charge in [-0.1, -0.05) is 37.3 Å². The molecule has 0 saturated carbocycles. The van der Waals surface area contributed by atoms with E-state index in [2.05, 4.69) is 23.7 Å². The Balaban J connectivity index is 1.96. The van der Waals surface area contributed by atoms with Gasteiger partial charge in [-0.15, -0.1) is 0 Å². The van der Waals surface area contributed by atoms with E-state index in [-0.39, 0.29) is 11.9 Å². The van der Waals surface area contributed by atoms with Gasteiger partial charge in [-0.3, -0.25) is 9.69 Å². The van der Waals surface area contributed by atoms with Crippen molar-refractivity contribution in [3.05, 3.63) is 42.0 Å². The highest BCUT2D eigenvalue weighted by Crippen LogP contribution is 2.31. The molecule has 21 heavy (non-hydrogen) atoms. The number of ether oxygens (including phenoxy) is 1. The molecule has 0 spiro atoms. The highest BCUT2D eigenvalue weighted by Gasteiger charge is 2.23. The van der Waals surface area contributed by atoms with Gasteiger partial charge in [0.2, 0.25) is 5.91 Å². The van der Waals surface area contributed by atoms with Gasteiger partial charge in [0, 0.05) is 18.5 Å². The highest BCUT2D eigenvalue weighted by molar-refractivity contribution is 5.78. The third-order valence-electron chi connectivity index (χ3n) is 3.60. The molecule has 1 N–H and O–H groups in total.